The fourth-order valence-corrected chi connectivity index (χ4v) is 2.05. The summed E-state index contributed by atoms with van der Waals surface area (Å²) in [5.74, 6) is 0. The van der Waals surface area contributed by atoms with Crippen molar-refractivity contribution in [2.75, 3.05) is 7.05 Å². The van der Waals surface area contributed by atoms with E-state index >= 15 is 0 Å². The Bertz CT molecular complexity index is 344. The van der Waals surface area contributed by atoms with Gasteiger partial charge in [-0.3, -0.25) is 0 Å². The van der Waals surface area contributed by atoms with Crippen LogP contribution in [0.4, 0.5) is 4.79 Å². The van der Waals surface area contributed by atoms with Crippen molar-refractivity contribution >= 4 is 6.03 Å². The topological polar surface area (TPSA) is 41.1 Å². The van der Waals surface area contributed by atoms with Crippen LogP contribution in [0.3, 0.4) is 0 Å². The highest BCUT2D eigenvalue weighted by Gasteiger charge is 2.39. The van der Waals surface area contributed by atoms with Crippen LogP contribution < -0.4 is 10.6 Å². The zero-order valence-electron chi connectivity index (χ0n) is 8.92. The van der Waals surface area contributed by atoms with Gasteiger partial charge >= 0.3 is 6.03 Å². The lowest BCUT2D eigenvalue weighted by atomic mass is 9.72. The molecule has 1 saturated carbocycles. The van der Waals surface area contributed by atoms with E-state index in [1.54, 1.807) is 7.05 Å². The number of hydrogen-bond donors (Lipinski definition) is 2. The Hall–Kier alpha value is -1.51. The first-order chi connectivity index (χ1) is 7.27. The molecule has 80 valence electrons. The van der Waals surface area contributed by atoms with Gasteiger partial charge in [0.1, 0.15) is 0 Å². The second-order valence-corrected chi connectivity index (χ2v) is 4.01. The van der Waals surface area contributed by atoms with Crippen LogP contribution in [0, 0.1) is 0 Å². The molecule has 0 bridgehead atoms. The van der Waals surface area contributed by atoms with E-state index in [-0.39, 0.29) is 11.6 Å². The average molecular weight is 204 g/mol. The molecule has 0 atom stereocenters. The van der Waals surface area contributed by atoms with Crippen molar-refractivity contribution in [2.24, 2.45) is 0 Å². The SMILES string of the molecule is CNC(=O)NC1(c2ccccc2)CCC1. The molecule has 2 amide bonds. The van der Waals surface area contributed by atoms with Gasteiger partial charge < -0.3 is 10.6 Å². The van der Waals surface area contributed by atoms with Gasteiger partial charge in [-0.2, -0.15) is 0 Å². The van der Waals surface area contributed by atoms with Crippen LogP contribution in [0.15, 0.2) is 30.3 Å². The molecule has 0 saturated heterocycles. The Morgan fingerprint density at radius 1 is 1.27 bits per heavy atom. The first kappa shape index (κ1) is 10.0. The summed E-state index contributed by atoms with van der Waals surface area (Å²) in [7, 11) is 1.65. The van der Waals surface area contributed by atoms with Gasteiger partial charge in [0, 0.05) is 7.05 Å². The van der Waals surface area contributed by atoms with Crippen LogP contribution in [-0.4, -0.2) is 13.1 Å². The summed E-state index contributed by atoms with van der Waals surface area (Å²) in [6, 6.07) is 10.1. The molecule has 0 unspecified atom stereocenters. The van der Waals surface area contributed by atoms with Crippen LogP contribution in [-0.2, 0) is 5.54 Å². The number of carbonyl (C=O) groups is 1. The van der Waals surface area contributed by atoms with Crippen LogP contribution in [0.5, 0.6) is 0 Å². The largest absolute Gasteiger partial charge is 0.341 e. The fourth-order valence-electron chi connectivity index (χ4n) is 2.05. The van der Waals surface area contributed by atoms with Crippen LogP contribution in [0.25, 0.3) is 0 Å². The van der Waals surface area contributed by atoms with Gasteiger partial charge in [-0.1, -0.05) is 30.3 Å². The van der Waals surface area contributed by atoms with Crippen molar-refractivity contribution in [1.82, 2.24) is 10.6 Å². The summed E-state index contributed by atoms with van der Waals surface area (Å²) < 4.78 is 0. The third kappa shape index (κ3) is 1.82. The van der Waals surface area contributed by atoms with E-state index in [9.17, 15) is 4.79 Å². The highest BCUT2D eigenvalue weighted by Crippen LogP contribution is 2.40. The van der Waals surface area contributed by atoms with E-state index < -0.39 is 0 Å². The second kappa shape index (κ2) is 3.93. The highest BCUT2D eigenvalue weighted by atomic mass is 16.2. The predicted octanol–water partition coefficient (Wildman–Crippen LogP) is 1.99. The monoisotopic (exact) mass is 204 g/mol. The zero-order chi connectivity index (χ0) is 10.7. The molecule has 2 rings (SSSR count). The quantitative estimate of drug-likeness (QED) is 0.760. The number of hydrogen-bond acceptors (Lipinski definition) is 1. The molecule has 0 radical (unpaired) electrons. The number of amides is 2. The number of benzene rings is 1. The first-order valence-electron chi connectivity index (χ1n) is 5.32. The lowest BCUT2D eigenvalue weighted by Crippen LogP contribution is -2.53. The minimum absolute atomic E-state index is 0.0986. The molecule has 1 aromatic carbocycles. The van der Waals surface area contributed by atoms with Crippen LogP contribution >= 0.6 is 0 Å². The number of urea groups is 1. The van der Waals surface area contributed by atoms with Gasteiger partial charge in [-0.15, -0.1) is 0 Å². The van der Waals surface area contributed by atoms with E-state index in [4.69, 9.17) is 0 Å². The fraction of sp³-hybridized carbons (Fsp3) is 0.417. The molecule has 0 aromatic heterocycles. The summed E-state index contributed by atoms with van der Waals surface area (Å²) in [6.07, 6.45) is 3.24. The number of carbonyl (C=O) groups excluding carboxylic acids is 1. The molecule has 2 N–H and O–H groups in total. The third-order valence-corrected chi connectivity index (χ3v) is 3.11. The predicted molar refractivity (Wildman–Crippen MR) is 59.6 cm³/mol. The van der Waals surface area contributed by atoms with Crippen LogP contribution in [0.1, 0.15) is 24.8 Å². The lowest BCUT2D eigenvalue weighted by molar-refractivity contribution is 0.178. The molecule has 1 aliphatic rings. The molecule has 1 aliphatic carbocycles. The maximum atomic E-state index is 11.4. The standard InChI is InChI=1S/C12H16N2O/c1-13-11(15)14-12(8-5-9-12)10-6-3-2-4-7-10/h2-4,6-7H,5,8-9H2,1H3,(H2,13,14,15). The van der Waals surface area contributed by atoms with Crippen molar-refractivity contribution in [3.05, 3.63) is 35.9 Å². The molecule has 0 aliphatic heterocycles. The third-order valence-electron chi connectivity index (χ3n) is 3.11. The van der Waals surface area contributed by atoms with Crippen LogP contribution in [0.2, 0.25) is 0 Å². The van der Waals surface area contributed by atoms with Gasteiger partial charge in [0.05, 0.1) is 5.54 Å². The number of rotatable bonds is 2. The smallest absolute Gasteiger partial charge is 0.315 e. The molecular weight excluding hydrogens is 188 g/mol. The Balaban J connectivity index is 2.19. The molecule has 3 heteroatoms. The van der Waals surface area contributed by atoms with Crippen molar-refractivity contribution in [1.29, 1.82) is 0 Å². The Morgan fingerprint density at radius 2 is 1.93 bits per heavy atom. The molecular formula is C12H16N2O. The zero-order valence-corrected chi connectivity index (χ0v) is 8.92. The molecule has 0 heterocycles. The Labute approximate surface area is 89.9 Å². The van der Waals surface area contributed by atoms with Crippen molar-refractivity contribution in [3.63, 3.8) is 0 Å². The summed E-state index contributed by atoms with van der Waals surface area (Å²) in [6.45, 7) is 0. The maximum absolute atomic E-state index is 11.4. The molecule has 3 nitrogen and oxygen atoms in total. The number of nitrogens with one attached hydrogen (secondary N) is 2. The summed E-state index contributed by atoms with van der Waals surface area (Å²) in [4.78, 5) is 11.4. The maximum Gasteiger partial charge on any atom is 0.315 e. The van der Waals surface area contributed by atoms with Crippen molar-refractivity contribution < 1.29 is 4.79 Å². The van der Waals surface area contributed by atoms with Crippen molar-refractivity contribution in [3.8, 4) is 0 Å². The van der Waals surface area contributed by atoms with Gasteiger partial charge in [0.2, 0.25) is 0 Å². The summed E-state index contributed by atoms with van der Waals surface area (Å²) >= 11 is 0. The molecule has 1 fully saturated rings. The van der Waals surface area contributed by atoms with E-state index in [2.05, 4.69) is 22.8 Å². The van der Waals surface area contributed by atoms with E-state index in [1.807, 2.05) is 18.2 Å². The average Bonchev–Trinajstić information content (AvgIpc) is 2.24. The Kier molecular flexibility index (Phi) is 2.62. The van der Waals surface area contributed by atoms with E-state index in [1.165, 1.54) is 12.0 Å². The molecule has 0 spiro atoms. The highest BCUT2D eigenvalue weighted by molar-refractivity contribution is 5.74. The van der Waals surface area contributed by atoms with Gasteiger partial charge in [0.15, 0.2) is 0 Å². The van der Waals surface area contributed by atoms with Gasteiger partial charge in [-0.25, -0.2) is 4.79 Å². The lowest BCUT2D eigenvalue weighted by Gasteiger charge is -2.42. The summed E-state index contributed by atoms with van der Waals surface area (Å²) in [5, 5.41) is 5.65. The summed E-state index contributed by atoms with van der Waals surface area (Å²) in [5.41, 5.74) is 1.08. The normalized spacial score (nSPS) is 17.7. The van der Waals surface area contributed by atoms with E-state index in [0.29, 0.717) is 0 Å². The minimum atomic E-state index is -0.124. The molecule has 15 heavy (non-hydrogen) atoms. The Morgan fingerprint density at radius 3 is 2.40 bits per heavy atom. The van der Waals surface area contributed by atoms with Crippen molar-refractivity contribution in [2.45, 2.75) is 24.8 Å². The second-order valence-electron chi connectivity index (χ2n) is 4.01. The first-order valence-corrected chi connectivity index (χ1v) is 5.32. The van der Waals surface area contributed by atoms with Gasteiger partial charge in [0.25, 0.3) is 0 Å². The van der Waals surface area contributed by atoms with Gasteiger partial charge in [-0.05, 0) is 24.8 Å². The van der Waals surface area contributed by atoms with E-state index in [0.717, 1.165) is 12.8 Å². The minimum Gasteiger partial charge on any atom is -0.341 e. The molecule has 1 aromatic rings.